The number of piperidine rings is 1. The van der Waals surface area contributed by atoms with Crippen LogP contribution in [0.3, 0.4) is 0 Å². The molecule has 124 valence electrons. The lowest BCUT2D eigenvalue weighted by molar-refractivity contribution is 0.0505. The Hall–Kier alpha value is -2.43. The summed E-state index contributed by atoms with van der Waals surface area (Å²) in [5.41, 5.74) is 0.622. The average molecular weight is 326 g/mol. The number of halogens is 1. The molecule has 1 aromatic carbocycles. The number of carbonyl (C=O) groups is 1. The SMILES string of the molecule is O=C(c1cccnc1)N1C2CCC(C2)[C@H]1COc1ccc(F)cc1. The van der Waals surface area contributed by atoms with Crippen LogP contribution in [-0.2, 0) is 0 Å². The largest absolute Gasteiger partial charge is 0.491 e. The highest BCUT2D eigenvalue weighted by atomic mass is 19.1. The van der Waals surface area contributed by atoms with E-state index in [4.69, 9.17) is 4.74 Å². The van der Waals surface area contributed by atoms with Gasteiger partial charge in [-0.3, -0.25) is 9.78 Å². The van der Waals surface area contributed by atoms with Crippen LogP contribution in [0.2, 0.25) is 0 Å². The molecule has 0 N–H and O–H groups in total. The number of rotatable bonds is 4. The van der Waals surface area contributed by atoms with Crippen molar-refractivity contribution in [1.82, 2.24) is 9.88 Å². The van der Waals surface area contributed by atoms with Gasteiger partial charge in [-0.2, -0.15) is 0 Å². The number of hydrogen-bond donors (Lipinski definition) is 0. The standard InChI is InChI=1S/C19H19FN2O2/c20-15-4-7-17(8-5-15)24-12-18-13-3-6-16(10-13)22(18)19(23)14-2-1-9-21-11-14/h1-2,4-5,7-9,11,13,16,18H,3,6,10,12H2/t13?,16?,18-/m1/s1. The first-order valence-electron chi connectivity index (χ1n) is 8.33. The molecule has 4 nitrogen and oxygen atoms in total. The number of hydrogen-bond acceptors (Lipinski definition) is 3. The number of benzene rings is 1. The van der Waals surface area contributed by atoms with Crippen LogP contribution in [0.4, 0.5) is 4.39 Å². The van der Waals surface area contributed by atoms with Crippen LogP contribution >= 0.6 is 0 Å². The van der Waals surface area contributed by atoms with E-state index in [-0.39, 0.29) is 17.8 Å². The summed E-state index contributed by atoms with van der Waals surface area (Å²) >= 11 is 0. The minimum atomic E-state index is -0.282. The molecule has 1 aliphatic heterocycles. The van der Waals surface area contributed by atoms with Gasteiger partial charge in [0.15, 0.2) is 0 Å². The van der Waals surface area contributed by atoms with Gasteiger partial charge in [0.05, 0.1) is 11.6 Å². The lowest BCUT2D eigenvalue weighted by atomic mass is 9.99. The normalized spacial score (nSPS) is 25.0. The van der Waals surface area contributed by atoms with Crippen LogP contribution in [-0.4, -0.2) is 34.5 Å². The highest BCUT2D eigenvalue weighted by Gasteiger charge is 2.48. The lowest BCUT2D eigenvalue weighted by Crippen LogP contribution is -2.47. The molecule has 3 atom stereocenters. The van der Waals surface area contributed by atoms with Crippen LogP contribution in [0.25, 0.3) is 0 Å². The number of carbonyl (C=O) groups excluding carboxylic acids is 1. The van der Waals surface area contributed by atoms with Crippen LogP contribution in [0.1, 0.15) is 29.6 Å². The van der Waals surface area contributed by atoms with Crippen molar-refractivity contribution < 1.29 is 13.9 Å². The highest BCUT2D eigenvalue weighted by Crippen LogP contribution is 2.43. The average Bonchev–Trinajstić information content (AvgIpc) is 3.23. The van der Waals surface area contributed by atoms with Gasteiger partial charge in [0.2, 0.25) is 0 Å². The Morgan fingerprint density at radius 3 is 2.83 bits per heavy atom. The van der Waals surface area contributed by atoms with E-state index in [9.17, 15) is 9.18 Å². The molecule has 1 saturated carbocycles. The number of aromatic nitrogens is 1. The van der Waals surface area contributed by atoms with E-state index in [1.807, 2.05) is 4.90 Å². The van der Waals surface area contributed by atoms with Gasteiger partial charge in [0, 0.05) is 18.4 Å². The number of pyridine rings is 1. The zero-order valence-corrected chi connectivity index (χ0v) is 13.3. The quantitative estimate of drug-likeness (QED) is 0.866. The second-order valence-corrected chi connectivity index (χ2v) is 6.51. The van der Waals surface area contributed by atoms with E-state index in [1.54, 1.807) is 36.7 Å². The molecule has 24 heavy (non-hydrogen) atoms. The molecule has 0 spiro atoms. The van der Waals surface area contributed by atoms with Gasteiger partial charge >= 0.3 is 0 Å². The number of amides is 1. The fourth-order valence-corrected chi connectivity index (χ4v) is 3.98. The van der Waals surface area contributed by atoms with Gasteiger partial charge in [-0.15, -0.1) is 0 Å². The summed E-state index contributed by atoms with van der Waals surface area (Å²) < 4.78 is 18.8. The zero-order chi connectivity index (χ0) is 16.5. The third-order valence-corrected chi connectivity index (χ3v) is 5.12. The first-order chi connectivity index (χ1) is 11.7. The van der Waals surface area contributed by atoms with Crippen molar-refractivity contribution in [3.05, 3.63) is 60.2 Å². The predicted octanol–water partition coefficient (Wildman–Crippen LogP) is 3.29. The zero-order valence-electron chi connectivity index (χ0n) is 13.3. The van der Waals surface area contributed by atoms with Crippen LogP contribution in [0.15, 0.2) is 48.8 Å². The Balaban J connectivity index is 1.50. The van der Waals surface area contributed by atoms with E-state index in [1.165, 1.54) is 12.1 Å². The Labute approximate surface area is 140 Å². The van der Waals surface area contributed by atoms with Crippen molar-refractivity contribution in [2.75, 3.05) is 6.61 Å². The van der Waals surface area contributed by atoms with E-state index in [0.29, 0.717) is 29.9 Å². The topological polar surface area (TPSA) is 42.4 Å². The van der Waals surface area contributed by atoms with Crippen LogP contribution in [0, 0.1) is 11.7 Å². The molecule has 1 aromatic heterocycles. The lowest BCUT2D eigenvalue weighted by Gasteiger charge is -2.35. The Morgan fingerprint density at radius 1 is 1.25 bits per heavy atom. The van der Waals surface area contributed by atoms with Crippen LogP contribution in [0.5, 0.6) is 5.75 Å². The molecule has 2 aromatic rings. The molecule has 2 unspecified atom stereocenters. The Morgan fingerprint density at radius 2 is 2.08 bits per heavy atom. The van der Waals surface area contributed by atoms with E-state index >= 15 is 0 Å². The minimum absolute atomic E-state index is 0.0306. The van der Waals surface area contributed by atoms with Gasteiger partial charge in [-0.05, 0) is 61.6 Å². The molecule has 2 aliphatic rings. The monoisotopic (exact) mass is 326 g/mol. The van der Waals surface area contributed by atoms with Gasteiger partial charge in [0.25, 0.3) is 5.91 Å². The highest BCUT2D eigenvalue weighted by molar-refractivity contribution is 5.94. The summed E-state index contributed by atoms with van der Waals surface area (Å²) in [5.74, 6) is 0.864. The van der Waals surface area contributed by atoms with E-state index in [2.05, 4.69) is 4.98 Å². The smallest absolute Gasteiger partial charge is 0.256 e. The number of nitrogens with zero attached hydrogens (tertiary/aromatic N) is 2. The van der Waals surface area contributed by atoms with E-state index in [0.717, 1.165) is 19.3 Å². The second kappa shape index (κ2) is 6.23. The van der Waals surface area contributed by atoms with Crippen molar-refractivity contribution in [3.8, 4) is 5.75 Å². The number of ether oxygens (including phenoxy) is 1. The maximum atomic E-state index is 13.0. The molecule has 0 radical (unpaired) electrons. The summed E-state index contributed by atoms with van der Waals surface area (Å²) in [7, 11) is 0. The van der Waals surface area contributed by atoms with Crippen molar-refractivity contribution >= 4 is 5.91 Å². The van der Waals surface area contributed by atoms with E-state index < -0.39 is 0 Å². The summed E-state index contributed by atoms with van der Waals surface area (Å²) in [4.78, 5) is 18.9. The molecule has 2 bridgehead atoms. The molecule has 1 aliphatic carbocycles. The molecule has 2 heterocycles. The number of fused-ring (bicyclic) bond motifs is 2. The molecule has 1 amide bonds. The van der Waals surface area contributed by atoms with Gasteiger partial charge in [-0.1, -0.05) is 0 Å². The summed E-state index contributed by atoms with van der Waals surface area (Å²) in [5, 5.41) is 0. The fourth-order valence-electron chi connectivity index (χ4n) is 3.98. The van der Waals surface area contributed by atoms with Crippen molar-refractivity contribution in [1.29, 1.82) is 0 Å². The number of likely N-dealkylation sites (tertiary alicyclic amines) is 1. The molecular formula is C19H19FN2O2. The summed E-state index contributed by atoms with van der Waals surface area (Å²) in [6, 6.07) is 9.96. The Kier molecular flexibility index (Phi) is 3.92. The molecule has 1 saturated heterocycles. The molecule has 2 fully saturated rings. The first-order valence-corrected chi connectivity index (χ1v) is 8.33. The summed E-state index contributed by atoms with van der Waals surface area (Å²) in [6.45, 7) is 0.443. The van der Waals surface area contributed by atoms with Gasteiger partial charge < -0.3 is 9.64 Å². The minimum Gasteiger partial charge on any atom is -0.491 e. The first kappa shape index (κ1) is 15.1. The van der Waals surface area contributed by atoms with Crippen molar-refractivity contribution in [3.63, 3.8) is 0 Å². The van der Waals surface area contributed by atoms with Gasteiger partial charge in [-0.25, -0.2) is 4.39 Å². The fraction of sp³-hybridized carbons (Fsp3) is 0.368. The second-order valence-electron chi connectivity index (χ2n) is 6.51. The third-order valence-electron chi connectivity index (χ3n) is 5.12. The molecular weight excluding hydrogens is 307 g/mol. The maximum absolute atomic E-state index is 13.0. The third kappa shape index (κ3) is 2.75. The summed E-state index contributed by atoms with van der Waals surface area (Å²) in [6.07, 6.45) is 6.53. The molecule has 4 rings (SSSR count). The van der Waals surface area contributed by atoms with Gasteiger partial charge in [0.1, 0.15) is 18.2 Å². The van der Waals surface area contributed by atoms with Crippen LogP contribution < -0.4 is 4.74 Å². The predicted molar refractivity (Wildman–Crippen MR) is 87.2 cm³/mol. The maximum Gasteiger partial charge on any atom is 0.256 e. The van der Waals surface area contributed by atoms with Crippen molar-refractivity contribution in [2.24, 2.45) is 5.92 Å². The Bertz CT molecular complexity index is 720. The van der Waals surface area contributed by atoms with Crippen molar-refractivity contribution in [2.45, 2.75) is 31.3 Å². The molecule has 5 heteroatoms.